The van der Waals surface area contributed by atoms with Gasteiger partial charge in [-0.15, -0.1) is 0 Å². The molecule has 6 rings (SSSR count). The molecule has 2 aromatic carbocycles. The number of aromatic nitrogens is 2. The molecule has 3 aliphatic rings. The second-order valence-electron chi connectivity index (χ2n) is 9.47. The van der Waals surface area contributed by atoms with Gasteiger partial charge in [-0.1, -0.05) is 48.6 Å². The van der Waals surface area contributed by atoms with Crippen molar-refractivity contribution in [2.75, 3.05) is 23.0 Å². The van der Waals surface area contributed by atoms with Crippen molar-refractivity contribution in [1.29, 1.82) is 0 Å². The summed E-state index contributed by atoms with van der Waals surface area (Å²) in [7, 11) is 3.07. The van der Waals surface area contributed by atoms with Gasteiger partial charge in [-0.05, 0) is 52.0 Å². The SMILES string of the molecule is Cn1c2c(c(=O)n(C)c1=O)N(CC(=O)O)CN2C1CCC=c2c1ccc1c2=CCc2ccccc2-1. The molecule has 1 atom stereocenters. The average Bonchev–Trinajstić information content (AvgIpc) is 3.23. The Hall–Kier alpha value is -4.07. The number of carbonyl (C=O) groups is 1. The zero-order valence-corrected chi connectivity index (χ0v) is 19.7. The minimum atomic E-state index is -1.02. The molecule has 0 radical (unpaired) electrons. The van der Waals surface area contributed by atoms with E-state index in [1.54, 1.807) is 11.9 Å². The van der Waals surface area contributed by atoms with E-state index in [0.29, 0.717) is 5.82 Å². The van der Waals surface area contributed by atoms with E-state index in [1.165, 1.54) is 38.7 Å². The molecule has 2 aliphatic carbocycles. The normalized spacial score (nSPS) is 17.6. The fourth-order valence-corrected chi connectivity index (χ4v) is 5.95. The third-order valence-electron chi connectivity index (χ3n) is 7.53. The van der Waals surface area contributed by atoms with E-state index in [-0.39, 0.29) is 24.9 Å². The fourth-order valence-electron chi connectivity index (χ4n) is 5.95. The summed E-state index contributed by atoms with van der Waals surface area (Å²) in [6.45, 7) is -0.0701. The predicted molar refractivity (Wildman–Crippen MR) is 135 cm³/mol. The molecular weight excluding hydrogens is 444 g/mol. The summed E-state index contributed by atoms with van der Waals surface area (Å²) >= 11 is 0. The molecule has 1 aliphatic heterocycles. The van der Waals surface area contributed by atoms with Crippen LogP contribution in [0, 0.1) is 0 Å². The maximum atomic E-state index is 13.1. The zero-order chi connectivity index (χ0) is 24.4. The number of aliphatic carboxylic acids is 1. The second kappa shape index (κ2) is 7.73. The lowest BCUT2D eigenvalue weighted by molar-refractivity contribution is -0.135. The van der Waals surface area contributed by atoms with Gasteiger partial charge < -0.3 is 14.9 Å². The maximum Gasteiger partial charge on any atom is 0.332 e. The smallest absolute Gasteiger partial charge is 0.332 e. The highest BCUT2D eigenvalue weighted by Crippen LogP contribution is 2.40. The van der Waals surface area contributed by atoms with E-state index in [0.717, 1.165) is 29.4 Å². The lowest BCUT2D eigenvalue weighted by Gasteiger charge is -2.34. The fraction of sp³-hybridized carbons (Fsp3) is 0.296. The van der Waals surface area contributed by atoms with Crippen LogP contribution >= 0.6 is 0 Å². The highest BCUT2D eigenvalue weighted by Gasteiger charge is 2.38. The molecule has 8 nitrogen and oxygen atoms in total. The van der Waals surface area contributed by atoms with E-state index in [9.17, 15) is 19.5 Å². The molecule has 35 heavy (non-hydrogen) atoms. The summed E-state index contributed by atoms with van der Waals surface area (Å²) in [5.74, 6) is -0.530. The van der Waals surface area contributed by atoms with E-state index in [4.69, 9.17) is 0 Å². The lowest BCUT2D eigenvalue weighted by atomic mass is 9.85. The van der Waals surface area contributed by atoms with Crippen molar-refractivity contribution in [2.45, 2.75) is 25.3 Å². The van der Waals surface area contributed by atoms with Gasteiger partial charge in [0.15, 0.2) is 0 Å². The first kappa shape index (κ1) is 21.5. The Kier molecular flexibility index (Phi) is 4.74. The number of nitrogens with zero attached hydrogens (tertiary/aromatic N) is 4. The van der Waals surface area contributed by atoms with Crippen molar-refractivity contribution in [3.63, 3.8) is 0 Å². The van der Waals surface area contributed by atoms with Crippen molar-refractivity contribution in [3.8, 4) is 11.1 Å². The summed E-state index contributed by atoms with van der Waals surface area (Å²) in [5, 5.41) is 11.9. The Bertz CT molecular complexity index is 1650. The summed E-state index contributed by atoms with van der Waals surface area (Å²) in [5.41, 5.74) is 4.31. The van der Waals surface area contributed by atoms with Crippen LogP contribution in [-0.4, -0.2) is 33.4 Å². The second-order valence-corrected chi connectivity index (χ2v) is 9.47. The Morgan fingerprint density at radius 2 is 1.80 bits per heavy atom. The van der Waals surface area contributed by atoms with E-state index in [1.807, 2.05) is 4.90 Å². The zero-order valence-electron chi connectivity index (χ0n) is 19.7. The van der Waals surface area contributed by atoms with Crippen molar-refractivity contribution in [3.05, 3.63) is 78.8 Å². The molecule has 1 aromatic heterocycles. The van der Waals surface area contributed by atoms with E-state index >= 15 is 0 Å². The van der Waals surface area contributed by atoms with Crippen LogP contribution in [0.1, 0.15) is 30.0 Å². The van der Waals surface area contributed by atoms with Gasteiger partial charge in [0.05, 0.1) is 12.7 Å². The van der Waals surface area contributed by atoms with Gasteiger partial charge in [0.1, 0.15) is 18.1 Å². The Labute approximate surface area is 201 Å². The first-order valence-corrected chi connectivity index (χ1v) is 11.8. The van der Waals surface area contributed by atoms with Gasteiger partial charge in [-0.3, -0.25) is 18.7 Å². The highest BCUT2D eigenvalue weighted by atomic mass is 16.4. The van der Waals surface area contributed by atoms with Crippen LogP contribution in [0.15, 0.2) is 46.0 Å². The molecule has 0 fully saturated rings. The van der Waals surface area contributed by atoms with Gasteiger partial charge in [0.2, 0.25) is 0 Å². The molecule has 0 bridgehead atoms. The van der Waals surface area contributed by atoms with Crippen LogP contribution in [0.3, 0.4) is 0 Å². The summed E-state index contributed by atoms with van der Waals surface area (Å²) in [4.78, 5) is 41.1. The predicted octanol–water partition coefficient (Wildman–Crippen LogP) is 1.07. The molecule has 0 amide bonds. The van der Waals surface area contributed by atoms with E-state index in [2.05, 4.69) is 48.6 Å². The Balaban J connectivity index is 1.53. The monoisotopic (exact) mass is 470 g/mol. The standard InChI is InChI=1S/C27H26N4O4/c1-28-25-24(26(34)29(2)27(28)35)30(14-23(32)33)15-31(25)22-9-5-8-18-20-11-10-16-6-3-4-7-17(16)19(20)12-13-21(18)22/h3-4,6-8,11-13,22H,5,9-10,14-15H2,1-2H3,(H,32,33). The molecule has 2 heterocycles. The van der Waals surface area contributed by atoms with Crippen LogP contribution < -0.4 is 31.5 Å². The third kappa shape index (κ3) is 3.09. The van der Waals surface area contributed by atoms with Gasteiger partial charge in [-0.25, -0.2) is 4.79 Å². The van der Waals surface area contributed by atoms with Crippen LogP contribution in [0.5, 0.6) is 0 Å². The molecule has 0 saturated heterocycles. The minimum Gasteiger partial charge on any atom is -0.480 e. The van der Waals surface area contributed by atoms with Crippen molar-refractivity contribution in [1.82, 2.24) is 9.13 Å². The first-order valence-electron chi connectivity index (χ1n) is 11.8. The number of benzene rings is 2. The first-order chi connectivity index (χ1) is 16.9. The maximum absolute atomic E-state index is 13.1. The van der Waals surface area contributed by atoms with Crippen LogP contribution in [-0.2, 0) is 25.3 Å². The van der Waals surface area contributed by atoms with Gasteiger partial charge in [-0.2, -0.15) is 0 Å². The minimum absolute atomic E-state index is 0.0823. The van der Waals surface area contributed by atoms with Crippen molar-refractivity contribution < 1.29 is 9.90 Å². The van der Waals surface area contributed by atoms with Gasteiger partial charge in [0, 0.05) is 14.1 Å². The largest absolute Gasteiger partial charge is 0.480 e. The summed E-state index contributed by atoms with van der Waals surface area (Å²) in [6.07, 6.45) is 7.11. The number of hydrogen-bond donors (Lipinski definition) is 1. The Morgan fingerprint density at radius 3 is 2.60 bits per heavy atom. The molecule has 8 heteroatoms. The van der Waals surface area contributed by atoms with Crippen molar-refractivity contribution in [2.24, 2.45) is 14.1 Å². The van der Waals surface area contributed by atoms with Gasteiger partial charge in [0.25, 0.3) is 5.56 Å². The van der Waals surface area contributed by atoms with E-state index < -0.39 is 17.2 Å². The lowest BCUT2D eigenvalue weighted by Crippen LogP contribution is -2.43. The molecule has 1 N–H and O–H groups in total. The number of carboxylic acids is 1. The number of fused-ring (bicyclic) bond motifs is 6. The third-order valence-corrected chi connectivity index (χ3v) is 7.53. The van der Waals surface area contributed by atoms with Crippen LogP contribution in [0.2, 0.25) is 0 Å². The molecule has 0 spiro atoms. The number of hydrogen-bond acceptors (Lipinski definition) is 5. The summed E-state index contributed by atoms with van der Waals surface area (Å²) in [6, 6.07) is 12.7. The Morgan fingerprint density at radius 1 is 1.00 bits per heavy atom. The highest BCUT2D eigenvalue weighted by molar-refractivity contribution is 5.81. The number of rotatable bonds is 3. The molecule has 3 aromatic rings. The molecule has 1 unspecified atom stereocenters. The molecular formula is C27H26N4O4. The topological polar surface area (TPSA) is 87.8 Å². The summed E-state index contributed by atoms with van der Waals surface area (Å²) < 4.78 is 2.51. The van der Waals surface area contributed by atoms with Crippen LogP contribution in [0.4, 0.5) is 11.5 Å². The quantitative estimate of drug-likeness (QED) is 0.616. The molecule has 0 saturated carbocycles. The van der Waals surface area contributed by atoms with Crippen molar-refractivity contribution >= 4 is 29.6 Å². The van der Waals surface area contributed by atoms with Crippen LogP contribution in [0.25, 0.3) is 23.3 Å². The average molecular weight is 471 g/mol. The number of carboxylic acid groups (broad SMARTS) is 1. The number of anilines is 2. The van der Waals surface area contributed by atoms with Gasteiger partial charge >= 0.3 is 11.7 Å². The molecule has 178 valence electrons.